The van der Waals surface area contributed by atoms with Crippen LogP contribution in [0.1, 0.15) is 0 Å². The highest BCUT2D eigenvalue weighted by Gasteiger charge is 2.22. The van der Waals surface area contributed by atoms with Crippen molar-refractivity contribution in [2.45, 2.75) is 0 Å². The largest absolute Gasteiger partial charge is 0.421 e. The standard InChI is InChI=1S/C7H5FNO3PS/c8-13(14-9-11)7(10)12-6-4-2-1-3-5-6/h1-5H. The fraction of sp³-hybridized carbons (Fsp3) is 0. The summed E-state index contributed by atoms with van der Waals surface area (Å²) < 4.78 is 19.6. The SMILES string of the molecule is O=NSP(F)C(=O)Oc1ccccc1. The lowest BCUT2D eigenvalue weighted by molar-refractivity contribution is 0.225. The second kappa shape index (κ2) is 5.67. The van der Waals surface area contributed by atoms with Gasteiger partial charge in [-0.3, -0.25) is 0 Å². The van der Waals surface area contributed by atoms with E-state index in [2.05, 4.69) is 9.32 Å². The van der Waals surface area contributed by atoms with Crippen LogP contribution >= 0.6 is 19.0 Å². The zero-order valence-corrected chi connectivity index (χ0v) is 8.50. The predicted octanol–water partition coefficient (Wildman–Crippen LogP) is 3.88. The number of carbonyl (C=O) groups excluding carboxylic acids is 1. The van der Waals surface area contributed by atoms with E-state index >= 15 is 0 Å². The summed E-state index contributed by atoms with van der Waals surface area (Å²) in [4.78, 5) is 20.6. The first kappa shape index (κ1) is 11.1. The average molecular weight is 233 g/mol. The topological polar surface area (TPSA) is 55.7 Å². The molecule has 0 saturated heterocycles. The van der Waals surface area contributed by atoms with Crippen LogP contribution < -0.4 is 4.74 Å². The van der Waals surface area contributed by atoms with Gasteiger partial charge in [0.1, 0.15) is 5.75 Å². The predicted molar refractivity (Wildman–Crippen MR) is 53.9 cm³/mol. The Balaban J connectivity index is 2.53. The lowest BCUT2D eigenvalue weighted by atomic mass is 10.3. The summed E-state index contributed by atoms with van der Waals surface area (Å²) >= 11 is 0.0517. The molecule has 0 aromatic heterocycles. The van der Waals surface area contributed by atoms with Crippen LogP contribution in [0.2, 0.25) is 0 Å². The fourth-order valence-corrected chi connectivity index (χ4v) is 1.48. The van der Waals surface area contributed by atoms with E-state index in [1.807, 2.05) is 0 Å². The average Bonchev–Trinajstić information content (AvgIpc) is 2.19. The van der Waals surface area contributed by atoms with Gasteiger partial charge in [-0.25, -0.2) is 8.99 Å². The van der Waals surface area contributed by atoms with Gasteiger partial charge in [0.25, 0.3) is 7.43 Å². The highest BCUT2D eigenvalue weighted by Crippen LogP contribution is 2.53. The summed E-state index contributed by atoms with van der Waals surface area (Å²) in [5, 5.41) is 0. The second-order valence-corrected chi connectivity index (χ2v) is 4.70. The van der Waals surface area contributed by atoms with Gasteiger partial charge in [0.05, 0.1) is 11.6 Å². The molecule has 0 aliphatic carbocycles. The maximum atomic E-state index is 12.7. The van der Waals surface area contributed by atoms with Crippen LogP contribution in [-0.2, 0) is 0 Å². The lowest BCUT2D eigenvalue weighted by Gasteiger charge is -2.03. The van der Waals surface area contributed by atoms with Gasteiger partial charge >= 0.3 is 5.71 Å². The number of nitroso groups, excluding NO2 is 1. The van der Waals surface area contributed by atoms with E-state index in [1.54, 1.807) is 18.2 Å². The van der Waals surface area contributed by atoms with E-state index in [0.29, 0.717) is 0 Å². The maximum Gasteiger partial charge on any atom is 0.378 e. The zero-order chi connectivity index (χ0) is 10.4. The number of para-hydroxylation sites is 1. The van der Waals surface area contributed by atoms with Crippen LogP contribution in [0.5, 0.6) is 5.75 Å². The van der Waals surface area contributed by atoms with Crippen LogP contribution in [0.4, 0.5) is 8.99 Å². The molecule has 0 N–H and O–H groups in total. The van der Waals surface area contributed by atoms with Crippen LogP contribution in [0.15, 0.2) is 34.9 Å². The number of rotatable bonds is 4. The zero-order valence-electron chi connectivity index (χ0n) is 6.79. The van der Waals surface area contributed by atoms with Crippen molar-refractivity contribution in [2.24, 2.45) is 4.58 Å². The van der Waals surface area contributed by atoms with E-state index in [4.69, 9.17) is 0 Å². The molecular weight excluding hydrogens is 228 g/mol. The number of benzene rings is 1. The van der Waals surface area contributed by atoms with E-state index in [-0.39, 0.29) is 17.3 Å². The molecule has 1 aromatic rings. The number of halogens is 1. The van der Waals surface area contributed by atoms with Gasteiger partial charge in [0, 0.05) is 4.58 Å². The third-order valence-electron chi connectivity index (χ3n) is 1.20. The first-order valence-electron chi connectivity index (χ1n) is 3.46. The first-order valence-corrected chi connectivity index (χ1v) is 6.07. The molecule has 0 spiro atoms. The Morgan fingerprint density at radius 2 is 2.07 bits per heavy atom. The molecule has 1 unspecified atom stereocenters. The first-order chi connectivity index (χ1) is 6.74. The van der Waals surface area contributed by atoms with Crippen molar-refractivity contribution in [3.63, 3.8) is 0 Å². The van der Waals surface area contributed by atoms with Crippen molar-refractivity contribution >= 4 is 24.7 Å². The molecule has 1 atom stereocenters. The quantitative estimate of drug-likeness (QED) is 0.449. The number of hydrogen-bond acceptors (Lipinski definition) is 5. The number of carbonyl (C=O) groups is 1. The molecule has 14 heavy (non-hydrogen) atoms. The Morgan fingerprint density at radius 1 is 1.43 bits per heavy atom. The second-order valence-electron chi connectivity index (χ2n) is 2.08. The Hall–Kier alpha value is -1.00. The lowest BCUT2D eigenvalue weighted by Crippen LogP contribution is -1.99. The Kier molecular flexibility index (Phi) is 4.49. The molecule has 0 radical (unpaired) electrons. The minimum atomic E-state index is -2.69. The van der Waals surface area contributed by atoms with Crippen LogP contribution in [0.25, 0.3) is 0 Å². The number of nitrogens with zero attached hydrogens (tertiary/aromatic N) is 1. The molecule has 74 valence electrons. The Morgan fingerprint density at radius 3 is 2.64 bits per heavy atom. The molecule has 0 saturated carbocycles. The summed E-state index contributed by atoms with van der Waals surface area (Å²) in [6.45, 7) is 0. The smallest absolute Gasteiger partial charge is 0.378 e. The van der Waals surface area contributed by atoms with Crippen molar-refractivity contribution < 1.29 is 13.7 Å². The molecule has 1 aromatic carbocycles. The van der Waals surface area contributed by atoms with E-state index in [0.717, 1.165) is 0 Å². The van der Waals surface area contributed by atoms with Crippen molar-refractivity contribution in [2.75, 3.05) is 0 Å². The Bertz CT molecular complexity index is 324. The third-order valence-corrected chi connectivity index (χ3v) is 2.86. The number of ether oxygens (including phenoxy) is 1. The van der Waals surface area contributed by atoms with Crippen molar-refractivity contribution in [1.29, 1.82) is 0 Å². The van der Waals surface area contributed by atoms with Crippen molar-refractivity contribution in [1.82, 2.24) is 0 Å². The fourth-order valence-electron chi connectivity index (χ4n) is 0.688. The van der Waals surface area contributed by atoms with Gasteiger partial charge in [-0.05, 0) is 12.1 Å². The molecule has 7 heteroatoms. The van der Waals surface area contributed by atoms with Crippen molar-refractivity contribution in [3.05, 3.63) is 35.2 Å². The molecule has 0 fully saturated rings. The van der Waals surface area contributed by atoms with Crippen LogP contribution in [0.3, 0.4) is 0 Å². The third kappa shape index (κ3) is 3.40. The molecule has 1 rings (SSSR count). The Labute approximate surface area is 84.6 Å². The van der Waals surface area contributed by atoms with Gasteiger partial charge in [-0.15, -0.1) is 4.91 Å². The minimum Gasteiger partial charge on any atom is -0.421 e. The van der Waals surface area contributed by atoms with Crippen LogP contribution in [0, 0.1) is 4.91 Å². The van der Waals surface area contributed by atoms with Gasteiger partial charge in [-0.1, -0.05) is 18.2 Å². The van der Waals surface area contributed by atoms with Gasteiger partial charge < -0.3 is 4.74 Å². The summed E-state index contributed by atoms with van der Waals surface area (Å²) in [7, 11) is -2.69. The summed E-state index contributed by atoms with van der Waals surface area (Å²) in [5.74, 6) is 0.245. The molecule has 0 aliphatic rings. The van der Waals surface area contributed by atoms with Gasteiger partial charge in [0.2, 0.25) is 0 Å². The molecule has 0 bridgehead atoms. The van der Waals surface area contributed by atoms with E-state index in [9.17, 15) is 13.9 Å². The summed E-state index contributed by atoms with van der Waals surface area (Å²) in [5.41, 5.74) is -1.07. The molecule has 0 heterocycles. The normalized spacial score (nSPS) is 11.8. The van der Waals surface area contributed by atoms with E-state index < -0.39 is 13.1 Å². The highest BCUT2D eigenvalue weighted by molar-refractivity contribution is 8.57. The van der Waals surface area contributed by atoms with Crippen LogP contribution in [-0.4, -0.2) is 5.71 Å². The highest BCUT2D eigenvalue weighted by atomic mass is 32.7. The number of hydrogen-bond donors (Lipinski definition) is 0. The van der Waals surface area contributed by atoms with Gasteiger partial charge in [-0.2, -0.15) is 0 Å². The summed E-state index contributed by atoms with van der Waals surface area (Å²) in [6.07, 6.45) is 0. The summed E-state index contributed by atoms with van der Waals surface area (Å²) in [6, 6.07) is 8.06. The van der Waals surface area contributed by atoms with E-state index in [1.165, 1.54) is 12.1 Å². The monoisotopic (exact) mass is 233 g/mol. The van der Waals surface area contributed by atoms with Gasteiger partial charge in [0.15, 0.2) is 0 Å². The molecule has 0 amide bonds. The minimum absolute atomic E-state index is 0.0517. The molecule has 4 nitrogen and oxygen atoms in total. The molecule has 0 aliphatic heterocycles. The van der Waals surface area contributed by atoms with Crippen molar-refractivity contribution in [3.8, 4) is 5.75 Å². The maximum absolute atomic E-state index is 12.7. The molecular formula is C7H5FNO3PS.